The molecule has 0 bridgehead atoms. The van der Waals surface area contributed by atoms with Crippen LogP contribution in [0.5, 0.6) is 0 Å². The van der Waals surface area contributed by atoms with E-state index in [1.54, 1.807) is 0 Å². The molecule has 2 aromatic rings. The molecule has 0 aliphatic carbocycles. The van der Waals surface area contributed by atoms with E-state index in [0.29, 0.717) is 0 Å². The molecule has 22 heteroatoms. The van der Waals surface area contributed by atoms with Gasteiger partial charge in [-0.3, -0.25) is 9.13 Å². The van der Waals surface area contributed by atoms with E-state index in [9.17, 15) is 33.7 Å². The largest absolute Gasteiger partial charge is 2.00 e. The minimum absolute atomic E-state index is 0. The van der Waals surface area contributed by atoms with Crippen molar-refractivity contribution in [1.29, 1.82) is 0 Å². The summed E-state index contributed by atoms with van der Waals surface area (Å²) >= 11 is 0. The molecule has 1 saturated heterocycles. The van der Waals surface area contributed by atoms with Gasteiger partial charge in [-0.1, -0.05) is 0 Å². The van der Waals surface area contributed by atoms with Crippen LogP contribution in [0.2, 0.25) is 0 Å². The first-order valence-electron chi connectivity index (χ1n) is 7.98. The van der Waals surface area contributed by atoms with Crippen LogP contribution in [0, 0.1) is 0 Å². The molecule has 1 fully saturated rings. The first-order chi connectivity index (χ1) is 14.2. The Bertz CT molecular complexity index is 1120. The second-order valence-corrected chi connectivity index (χ2v) is 10.9. The van der Waals surface area contributed by atoms with Crippen LogP contribution in [-0.4, -0.2) is 92.4 Å². The number of hydrogen-bond donors (Lipinski definition) is 7. The molecule has 0 radical (unpaired) electrons. The van der Waals surface area contributed by atoms with Gasteiger partial charge in [-0.25, -0.2) is 28.4 Å². The monoisotopic (exact) mass is 530 g/mol. The average Bonchev–Trinajstić information content (AvgIpc) is 3.13. The van der Waals surface area contributed by atoms with E-state index in [2.05, 4.69) is 23.8 Å². The van der Waals surface area contributed by atoms with E-state index in [0.717, 1.165) is 11.2 Å². The van der Waals surface area contributed by atoms with E-state index in [1.807, 2.05) is 0 Å². The van der Waals surface area contributed by atoms with Crippen molar-refractivity contribution in [1.82, 2.24) is 24.4 Å². The number of imidazole rings is 1. The number of fused-ring (bicyclic) bond motifs is 1. The van der Waals surface area contributed by atoms with Crippen molar-refractivity contribution in [3.05, 3.63) is 12.7 Å². The van der Waals surface area contributed by atoms with Gasteiger partial charge in [0.2, 0.25) is 0 Å². The first-order valence-corrected chi connectivity index (χ1v) is 12.6. The van der Waals surface area contributed by atoms with Crippen LogP contribution in [0.25, 0.3) is 11.2 Å². The van der Waals surface area contributed by atoms with E-state index in [1.165, 1.54) is 10.9 Å². The summed E-state index contributed by atoms with van der Waals surface area (Å²) in [5.74, 6) is 0.0402. The number of ether oxygens (including phenoxy) is 1. The molecule has 2 aromatic heterocycles. The number of nitrogens with zero attached hydrogens (tertiary/aromatic N) is 4. The zero-order valence-electron chi connectivity index (χ0n) is 16.7. The Hall–Kier alpha value is -0.594. The molecule has 18 nitrogen and oxygen atoms in total. The predicted molar refractivity (Wildman–Crippen MR) is 102 cm³/mol. The van der Waals surface area contributed by atoms with Crippen molar-refractivity contribution in [3.63, 3.8) is 0 Å². The number of nitrogens with one attached hydrogen (secondary N) is 1. The average molecular weight is 531 g/mol. The molecule has 0 saturated carbocycles. The summed E-state index contributed by atoms with van der Waals surface area (Å²) in [4.78, 5) is 50.5. The third-order valence-corrected chi connectivity index (χ3v) is 8.07. The molecule has 6 atom stereocenters. The van der Waals surface area contributed by atoms with Gasteiger partial charge in [0.25, 0.3) is 7.82 Å². The second kappa shape index (κ2) is 9.95. The fraction of sp³-hybridized carbons (Fsp3) is 0.500. The van der Waals surface area contributed by atoms with E-state index >= 15 is 0 Å². The fourth-order valence-corrected chi connectivity index (χ4v) is 6.05. The molecule has 0 spiro atoms. The molecular formula is C10H17MgN6O12P3. The maximum Gasteiger partial charge on any atom is 2.00 e. The van der Waals surface area contributed by atoms with Crippen molar-refractivity contribution >= 4 is 63.4 Å². The summed E-state index contributed by atoms with van der Waals surface area (Å²) in [5, 5.41) is 20.4. The van der Waals surface area contributed by atoms with Crippen LogP contribution in [0.4, 0.5) is 5.82 Å². The smallest absolute Gasteiger partial charge is 1.00 e. The summed E-state index contributed by atoms with van der Waals surface area (Å²) in [6.45, 7) is -0.991. The van der Waals surface area contributed by atoms with Crippen molar-refractivity contribution in [2.45, 2.75) is 24.5 Å². The number of aliphatic hydroxyl groups is 2. The summed E-state index contributed by atoms with van der Waals surface area (Å²) in [6, 6.07) is 0. The van der Waals surface area contributed by atoms with Crippen LogP contribution >= 0.6 is 23.3 Å². The molecule has 8 N–H and O–H groups in total. The standard InChI is InChI=1S/C10H17N6O12P3.Mg.H/c11-8-5-9(13-2-12-8)16(3-14-5)10-7(18)6(17)4(27-10)1-26-31(24,25)28-30(22,23)15-29(19,20)21;;/h2-4,6-7,10,17-18H,1H2,(H,24,25)(H2,11,12,13)(H4,15,19,20,21,22,23);;/q;+2;-1/p-1. The van der Waals surface area contributed by atoms with Gasteiger partial charge in [0.15, 0.2) is 17.7 Å². The number of phosphoric acid groups is 1. The number of aromatic nitrogens is 4. The van der Waals surface area contributed by atoms with Crippen molar-refractivity contribution in [3.8, 4) is 0 Å². The third-order valence-electron chi connectivity index (χ3n) is 3.86. The van der Waals surface area contributed by atoms with Gasteiger partial charge >= 0.3 is 38.5 Å². The van der Waals surface area contributed by atoms with E-state index in [-0.39, 0.29) is 41.5 Å². The Morgan fingerprint density at radius 3 is 2.50 bits per heavy atom. The van der Waals surface area contributed by atoms with Gasteiger partial charge in [-0.05, 0) is 0 Å². The Balaban J connectivity index is 0.00000272. The number of rotatable bonds is 8. The van der Waals surface area contributed by atoms with Crippen LogP contribution in [0.3, 0.4) is 0 Å². The maximum atomic E-state index is 11.7. The molecule has 3 heterocycles. The number of hydrogen-bond acceptors (Lipinski definition) is 13. The van der Waals surface area contributed by atoms with E-state index in [4.69, 9.17) is 20.3 Å². The topological polar surface area (TPSA) is 285 Å². The quantitative estimate of drug-likeness (QED) is 0.132. The van der Waals surface area contributed by atoms with Crippen molar-refractivity contribution in [2.75, 3.05) is 12.3 Å². The Labute approximate surface area is 195 Å². The van der Waals surface area contributed by atoms with Gasteiger partial charge in [0.1, 0.15) is 30.2 Å². The van der Waals surface area contributed by atoms with Crippen molar-refractivity contribution < 1.29 is 58.5 Å². The van der Waals surface area contributed by atoms with E-state index < -0.39 is 54.5 Å². The molecule has 6 unspecified atom stereocenters. The summed E-state index contributed by atoms with van der Waals surface area (Å²) in [6.07, 6.45) is -3.75. The number of anilines is 1. The molecule has 0 amide bonds. The maximum absolute atomic E-state index is 11.7. The van der Waals surface area contributed by atoms with Gasteiger partial charge in [0, 0.05) is 0 Å². The van der Waals surface area contributed by atoms with Gasteiger partial charge in [-0.2, -0.15) is 0 Å². The predicted octanol–water partition coefficient (Wildman–Crippen LogP) is -2.96. The summed E-state index contributed by atoms with van der Waals surface area (Å²) in [7, 11) is -16.5. The normalized spacial score (nSPS) is 27.6. The van der Waals surface area contributed by atoms with Crippen LogP contribution < -0.4 is 15.5 Å². The Morgan fingerprint density at radius 1 is 1.22 bits per heavy atom. The molecule has 1 aliphatic rings. The minimum atomic E-state index is -5.62. The Morgan fingerprint density at radius 2 is 1.88 bits per heavy atom. The Kier molecular flexibility index (Phi) is 8.60. The number of aliphatic hydroxyl groups excluding tert-OH is 2. The zero-order chi connectivity index (χ0) is 23.2. The molecule has 32 heavy (non-hydrogen) atoms. The fourth-order valence-electron chi connectivity index (χ4n) is 2.66. The summed E-state index contributed by atoms with van der Waals surface area (Å²) in [5.41, 5.74) is 5.99. The molecular weight excluding hydrogens is 513 g/mol. The first kappa shape index (κ1) is 27.6. The summed E-state index contributed by atoms with van der Waals surface area (Å²) < 4.78 is 48.5. The van der Waals surface area contributed by atoms with Crippen LogP contribution in [0.1, 0.15) is 7.65 Å². The molecule has 176 valence electrons. The van der Waals surface area contributed by atoms with Gasteiger partial charge in [0.05, 0.1) is 12.9 Å². The SMILES string of the molecule is Nc1ncnc2c1ncn2C1OC(COP(=O)([O-])OP(=O)(O)NP(=O)(O)O)C(O)C1O.[H-].[Mg+2]. The number of phosphoric ester groups is 1. The van der Waals surface area contributed by atoms with Gasteiger partial charge < -0.3 is 46.2 Å². The minimum Gasteiger partial charge on any atom is -1.00 e. The van der Waals surface area contributed by atoms with Crippen LogP contribution in [-0.2, 0) is 27.3 Å². The second-order valence-electron chi connectivity index (χ2n) is 6.12. The number of nitrogens with two attached hydrogens (primary N) is 1. The molecule has 1 aliphatic heterocycles. The van der Waals surface area contributed by atoms with Crippen molar-refractivity contribution in [2.24, 2.45) is 0 Å². The third kappa shape index (κ3) is 6.50. The van der Waals surface area contributed by atoms with Gasteiger partial charge in [-0.15, -0.1) is 4.86 Å². The molecule has 0 aromatic carbocycles. The van der Waals surface area contributed by atoms with Crippen LogP contribution in [0.15, 0.2) is 12.7 Å². The number of nitrogen functional groups attached to an aromatic ring is 1. The zero-order valence-corrected chi connectivity index (χ0v) is 19.8. The molecule has 3 rings (SSSR count).